The summed E-state index contributed by atoms with van der Waals surface area (Å²) < 4.78 is 31.2. The van der Waals surface area contributed by atoms with E-state index in [0.717, 1.165) is 10.0 Å². The number of primary sulfonamides is 1. The van der Waals surface area contributed by atoms with Gasteiger partial charge in [-0.05, 0) is 48.5 Å². The molecule has 0 radical (unpaired) electrons. The Morgan fingerprint density at radius 2 is 1.81 bits per heavy atom. The highest BCUT2D eigenvalue weighted by molar-refractivity contribution is 9.10. The molecule has 0 atom stereocenters. The molecule has 3 heterocycles. The summed E-state index contributed by atoms with van der Waals surface area (Å²) in [5.41, 5.74) is 1.20. The first-order chi connectivity index (χ1) is 15.3. The van der Waals surface area contributed by atoms with Gasteiger partial charge in [0, 0.05) is 21.7 Å². The summed E-state index contributed by atoms with van der Waals surface area (Å²) in [6.07, 6.45) is 1.63. The third-order valence-electron chi connectivity index (χ3n) is 4.66. The molecule has 5 rings (SSSR count). The van der Waals surface area contributed by atoms with Gasteiger partial charge in [-0.1, -0.05) is 39.4 Å². The summed E-state index contributed by atoms with van der Waals surface area (Å²) in [6.45, 7) is 0. The highest BCUT2D eigenvalue weighted by atomic mass is 79.9. The number of hydrogen-bond acceptors (Lipinski definition) is 7. The lowest BCUT2D eigenvalue weighted by atomic mass is 10.2. The summed E-state index contributed by atoms with van der Waals surface area (Å²) in [7, 11) is -3.76. The molecular weight excluding hydrogens is 516 g/mol. The Kier molecular flexibility index (Phi) is 5.05. The second-order valence-electron chi connectivity index (χ2n) is 6.80. The first kappa shape index (κ1) is 20.8. The standard InChI is InChI=1S/C21H13BrN4O4S2/c22-16-4-2-1-3-15(16)19-24-21-26(25-19)20(27)18(31-21)11-13-7-10-17(30-13)12-5-8-14(9-6-12)32(23,28)29/h1-11H,(H2,23,28,29). The van der Waals surface area contributed by atoms with E-state index in [-0.39, 0.29) is 10.5 Å². The fourth-order valence-electron chi connectivity index (χ4n) is 3.11. The van der Waals surface area contributed by atoms with Crippen molar-refractivity contribution in [3.8, 4) is 22.7 Å². The Balaban J connectivity index is 1.48. The molecule has 11 heteroatoms. The van der Waals surface area contributed by atoms with E-state index in [1.807, 2.05) is 24.3 Å². The van der Waals surface area contributed by atoms with Crippen molar-refractivity contribution in [2.24, 2.45) is 5.14 Å². The predicted octanol–water partition coefficient (Wildman–Crippen LogP) is 3.04. The normalized spacial score (nSPS) is 12.6. The van der Waals surface area contributed by atoms with Crippen molar-refractivity contribution in [2.45, 2.75) is 4.90 Å². The molecule has 0 fully saturated rings. The van der Waals surface area contributed by atoms with E-state index in [1.54, 1.807) is 30.3 Å². The monoisotopic (exact) mass is 528 g/mol. The maximum Gasteiger partial charge on any atom is 0.291 e. The van der Waals surface area contributed by atoms with Gasteiger partial charge in [0.1, 0.15) is 16.1 Å². The minimum absolute atomic E-state index is 0.0203. The minimum Gasteiger partial charge on any atom is -0.457 e. The van der Waals surface area contributed by atoms with Gasteiger partial charge >= 0.3 is 0 Å². The summed E-state index contributed by atoms with van der Waals surface area (Å²) in [5, 5.41) is 9.47. The molecule has 2 N–H and O–H groups in total. The van der Waals surface area contributed by atoms with Gasteiger partial charge in [0.25, 0.3) is 5.56 Å². The molecule has 5 aromatic rings. The van der Waals surface area contributed by atoms with E-state index in [1.165, 1.54) is 28.0 Å². The highest BCUT2D eigenvalue weighted by Crippen LogP contribution is 2.26. The summed E-state index contributed by atoms with van der Waals surface area (Å²) in [5.74, 6) is 1.47. The molecular formula is C21H13BrN4O4S2. The second-order valence-corrected chi connectivity index (χ2v) is 10.2. The minimum atomic E-state index is -3.76. The number of fused-ring (bicyclic) bond motifs is 1. The van der Waals surface area contributed by atoms with Gasteiger partial charge in [-0.3, -0.25) is 4.79 Å². The van der Waals surface area contributed by atoms with E-state index in [2.05, 4.69) is 26.0 Å². The van der Waals surface area contributed by atoms with Crippen molar-refractivity contribution < 1.29 is 12.8 Å². The molecule has 3 aromatic heterocycles. The topological polar surface area (TPSA) is 121 Å². The number of benzene rings is 2. The number of rotatable bonds is 4. The molecule has 8 nitrogen and oxygen atoms in total. The SMILES string of the molecule is NS(=O)(=O)c1ccc(-c2ccc(C=c3sc4nc(-c5ccccc5Br)nn4c3=O)o2)cc1. The molecule has 0 bridgehead atoms. The van der Waals surface area contributed by atoms with Gasteiger partial charge in [0.15, 0.2) is 5.82 Å². The van der Waals surface area contributed by atoms with Gasteiger partial charge in [-0.15, -0.1) is 5.10 Å². The zero-order valence-electron chi connectivity index (χ0n) is 16.1. The van der Waals surface area contributed by atoms with E-state index >= 15 is 0 Å². The van der Waals surface area contributed by atoms with E-state index in [9.17, 15) is 13.2 Å². The molecule has 0 saturated heterocycles. The van der Waals surface area contributed by atoms with Crippen LogP contribution in [0, 0.1) is 0 Å². The predicted molar refractivity (Wildman–Crippen MR) is 125 cm³/mol. The molecule has 160 valence electrons. The van der Waals surface area contributed by atoms with E-state index < -0.39 is 10.0 Å². The number of hydrogen-bond donors (Lipinski definition) is 1. The van der Waals surface area contributed by atoms with Gasteiger partial charge in [-0.25, -0.2) is 13.6 Å². The Bertz CT molecular complexity index is 1690. The fourth-order valence-corrected chi connectivity index (χ4v) is 4.98. The third-order valence-corrected chi connectivity index (χ3v) is 7.24. The quantitative estimate of drug-likeness (QED) is 0.382. The van der Waals surface area contributed by atoms with Crippen LogP contribution in [-0.4, -0.2) is 23.0 Å². The lowest BCUT2D eigenvalue weighted by Gasteiger charge is -2.00. The average molecular weight is 529 g/mol. The maximum atomic E-state index is 12.8. The number of furan rings is 1. The number of halogens is 1. The highest BCUT2D eigenvalue weighted by Gasteiger charge is 2.14. The smallest absolute Gasteiger partial charge is 0.291 e. The van der Waals surface area contributed by atoms with Crippen molar-refractivity contribution >= 4 is 48.3 Å². The summed E-state index contributed by atoms with van der Waals surface area (Å²) >= 11 is 4.69. The Morgan fingerprint density at radius 3 is 2.50 bits per heavy atom. The molecule has 0 aliphatic rings. The molecule has 0 unspecified atom stereocenters. The number of thiazole rings is 1. The molecule has 0 spiro atoms. The van der Waals surface area contributed by atoms with Crippen LogP contribution in [0.15, 0.2) is 79.2 Å². The zero-order valence-corrected chi connectivity index (χ0v) is 19.3. The van der Waals surface area contributed by atoms with Gasteiger partial charge in [0.05, 0.1) is 4.90 Å². The number of nitrogens with two attached hydrogens (primary N) is 1. The largest absolute Gasteiger partial charge is 0.457 e. The third kappa shape index (κ3) is 3.79. The maximum absolute atomic E-state index is 12.8. The van der Waals surface area contributed by atoms with Crippen molar-refractivity contribution in [3.05, 3.63) is 85.8 Å². The number of aromatic nitrogens is 3. The molecule has 32 heavy (non-hydrogen) atoms. The average Bonchev–Trinajstić information content (AvgIpc) is 3.46. The van der Waals surface area contributed by atoms with Gasteiger partial charge < -0.3 is 4.42 Å². The molecule has 0 aliphatic carbocycles. The summed E-state index contributed by atoms with van der Waals surface area (Å²) in [4.78, 5) is 17.8. The van der Waals surface area contributed by atoms with Crippen molar-refractivity contribution in [1.82, 2.24) is 14.6 Å². The van der Waals surface area contributed by atoms with Crippen LogP contribution in [0.4, 0.5) is 0 Å². The van der Waals surface area contributed by atoms with E-state index in [0.29, 0.717) is 32.4 Å². The van der Waals surface area contributed by atoms with Crippen LogP contribution in [0.2, 0.25) is 0 Å². The number of nitrogens with zero attached hydrogens (tertiary/aromatic N) is 3. The Hall–Kier alpha value is -3.12. The van der Waals surface area contributed by atoms with Crippen LogP contribution in [0.5, 0.6) is 0 Å². The Morgan fingerprint density at radius 1 is 1.06 bits per heavy atom. The molecule has 0 aliphatic heterocycles. The van der Waals surface area contributed by atoms with Crippen LogP contribution < -0.4 is 15.2 Å². The first-order valence-corrected chi connectivity index (χ1v) is 12.3. The summed E-state index contributed by atoms with van der Waals surface area (Å²) in [6, 6.07) is 17.0. The molecule has 2 aromatic carbocycles. The molecule has 0 saturated carbocycles. The zero-order chi connectivity index (χ0) is 22.5. The van der Waals surface area contributed by atoms with E-state index in [4.69, 9.17) is 9.56 Å². The van der Waals surface area contributed by atoms with Gasteiger partial charge in [-0.2, -0.15) is 9.50 Å². The second kappa shape index (κ2) is 7.78. The fraction of sp³-hybridized carbons (Fsp3) is 0. The van der Waals surface area contributed by atoms with Crippen LogP contribution in [0.1, 0.15) is 5.76 Å². The Labute approximate surface area is 193 Å². The van der Waals surface area contributed by atoms with Crippen LogP contribution in [-0.2, 0) is 10.0 Å². The van der Waals surface area contributed by atoms with Crippen molar-refractivity contribution in [2.75, 3.05) is 0 Å². The van der Waals surface area contributed by atoms with Crippen molar-refractivity contribution in [3.63, 3.8) is 0 Å². The van der Waals surface area contributed by atoms with Crippen LogP contribution in [0.3, 0.4) is 0 Å². The lowest BCUT2D eigenvalue weighted by Crippen LogP contribution is -2.23. The first-order valence-electron chi connectivity index (χ1n) is 9.19. The lowest BCUT2D eigenvalue weighted by molar-refractivity contribution is 0.571. The van der Waals surface area contributed by atoms with Gasteiger partial charge in [0.2, 0.25) is 15.0 Å². The number of sulfonamides is 1. The molecule has 0 amide bonds. The van der Waals surface area contributed by atoms with Crippen LogP contribution >= 0.6 is 27.3 Å². The van der Waals surface area contributed by atoms with Crippen molar-refractivity contribution in [1.29, 1.82) is 0 Å². The van der Waals surface area contributed by atoms with Crippen LogP contribution in [0.25, 0.3) is 33.7 Å².